The lowest BCUT2D eigenvalue weighted by Gasteiger charge is -2.26. The Morgan fingerprint density at radius 3 is 1.22 bits per heavy atom. The fourth-order valence-electron chi connectivity index (χ4n) is 8.93. The van der Waals surface area contributed by atoms with Gasteiger partial charge in [-0.3, -0.25) is 0 Å². The molecular formula is C61H40N2O2. The molecular weight excluding hydrogens is 793 g/mol. The maximum atomic E-state index is 6.47. The monoisotopic (exact) mass is 832 g/mol. The van der Waals surface area contributed by atoms with Gasteiger partial charge in [-0.1, -0.05) is 170 Å². The van der Waals surface area contributed by atoms with E-state index in [0.717, 1.165) is 72.4 Å². The molecule has 0 radical (unpaired) electrons. The number of oxazole rings is 1. The van der Waals surface area contributed by atoms with E-state index in [-0.39, 0.29) is 0 Å². The minimum atomic E-state index is 0.602. The van der Waals surface area contributed by atoms with Crippen LogP contribution in [0.25, 0.3) is 100 Å². The zero-order valence-electron chi connectivity index (χ0n) is 35.3. The molecule has 4 nitrogen and oxygen atoms in total. The molecule has 0 N–H and O–H groups in total. The van der Waals surface area contributed by atoms with Crippen molar-refractivity contribution in [2.45, 2.75) is 0 Å². The molecule has 10 aromatic carbocycles. The van der Waals surface area contributed by atoms with Crippen molar-refractivity contribution in [3.63, 3.8) is 0 Å². The quantitative estimate of drug-likeness (QED) is 0.145. The molecule has 4 heteroatoms. The summed E-state index contributed by atoms with van der Waals surface area (Å²) in [6.07, 6.45) is 0. The Morgan fingerprint density at radius 1 is 0.262 bits per heavy atom. The van der Waals surface area contributed by atoms with E-state index < -0.39 is 0 Å². The fraction of sp³-hybridized carbons (Fsp3) is 0. The number of anilines is 3. The summed E-state index contributed by atoms with van der Waals surface area (Å²) >= 11 is 0. The van der Waals surface area contributed by atoms with Gasteiger partial charge in [-0.05, 0) is 122 Å². The lowest BCUT2D eigenvalue weighted by atomic mass is 9.99. The zero-order valence-corrected chi connectivity index (χ0v) is 35.3. The lowest BCUT2D eigenvalue weighted by Crippen LogP contribution is -2.10. The minimum Gasteiger partial charge on any atom is -0.456 e. The predicted octanol–water partition coefficient (Wildman–Crippen LogP) is 17.2. The van der Waals surface area contributed by atoms with E-state index in [1.807, 2.05) is 42.5 Å². The molecule has 12 rings (SSSR count). The van der Waals surface area contributed by atoms with E-state index in [9.17, 15) is 0 Å². The normalized spacial score (nSPS) is 11.4. The van der Waals surface area contributed by atoms with Crippen LogP contribution in [0.4, 0.5) is 17.1 Å². The molecule has 0 spiro atoms. The average molecular weight is 833 g/mol. The van der Waals surface area contributed by atoms with Crippen LogP contribution in [0.5, 0.6) is 0 Å². The summed E-state index contributed by atoms with van der Waals surface area (Å²) in [6, 6.07) is 85.7. The number of furan rings is 1. The van der Waals surface area contributed by atoms with Gasteiger partial charge in [-0.25, -0.2) is 4.98 Å². The summed E-state index contributed by atoms with van der Waals surface area (Å²) in [6.45, 7) is 0. The molecule has 0 saturated heterocycles. The van der Waals surface area contributed by atoms with Gasteiger partial charge in [0.25, 0.3) is 0 Å². The highest BCUT2D eigenvalue weighted by atomic mass is 16.4. The Bertz CT molecular complexity index is 3600. The molecule has 0 saturated carbocycles. The van der Waals surface area contributed by atoms with Crippen molar-refractivity contribution in [1.82, 2.24) is 4.98 Å². The van der Waals surface area contributed by atoms with Crippen LogP contribution in [0.2, 0.25) is 0 Å². The van der Waals surface area contributed by atoms with Gasteiger partial charge in [0.2, 0.25) is 5.89 Å². The van der Waals surface area contributed by atoms with E-state index in [4.69, 9.17) is 13.8 Å². The van der Waals surface area contributed by atoms with Crippen LogP contribution < -0.4 is 4.90 Å². The van der Waals surface area contributed by atoms with E-state index >= 15 is 0 Å². The molecule has 12 aromatic rings. The van der Waals surface area contributed by atoms with Crippen LogP contribution in [0.1, 0.15) is 0 Å². The van der Waals surface area contributed by atoms with Crippen molar-refractivity contribution in [2.75, 3.05) is 4.90 Å². The van der Waals surface area contributed by atoms with Crippen molar-refractivity contribution >= 4 is 50.1 Å². The van der Waals surface area contributed by atoms with Gasteiger partial charge in [-0.15, -0.1) is 0 Å². The Balaban J connectivity index is 0.875. The van der Waals surface area contributed by atoms with Gasteiger partial charge in [0.05, 0.1) is 0 Å². The fourth-order valence-corrected chi connectivity index (χ4v) is 8.93. The average Bonchev–Trinajstić information content (AvgIpc) is 3.97. The second-order valence-electron chi connectivity index (χ2n) is 16.4. The van der Waals surface area contributed by atoms with E-state index in [2.05, 4.69) is 205 Å². The Kier molecular flexibility index (Phi) is 9.46. The Labute approximate surface area is 377 Å². The number of hydrogen-bond donors (Lipinski definition) is 0. The maximum absolute atomic E-state index is 6.47. The molecule has 0 atom stereocenters. The van der Waals surface area contributed by atoms with Gasteiger partial charge in [0.1, 0.15) is 16.7 Å². The predicted molar refractivity (Wildman–Crippen MR) is 269 cm³/mol. The van der Waals surface area contributed by atoms with Gasteiger partial charge in [-0.2, -0.15) is 0 Å². The summed E-state index contributed by atoms with van der Waals surface area (Å²) in [5.74, 6) is 0.602. The molecule has 0 aliphatic carbocycles. The van der Waals surface area contributed by atoms with Crippen LogP contribution in [0.3, 0.4) is 0 Å². The smallest absolute Gasteiger partial charge is 0.227 e. The molecule has 306 valence electrons. The van der Waals surface area contributed by atoms with Crippen LogP contribution in [0.15, 0.2) is 251 Å². The number of fused-ring (bicyclic) bond motifs is 4. The molecule has 0 unspecified atom stereocenters. The number of nitrogens with zero attached hydrogens (tertiary/aromatic N) is 2. The lowest BCUT2D eigenvalue weighted by molar-refractivity contribution is 0.620. The Morgan fingerprint density at radius 2 is 0.677 bits per heavy atom. The summed E-state index contributed by atoms with van der Waals surface area (Å²) in [5.41, 5.74) is 18.9. The Hall–Kier alpha value is -8.73. The largest absolute Gasteiger partial charge is 0.456 e. The molecule has 65 heavy (non-hydrogen) atoms. The van der Waals surface area contributed by atoms with Crippen molar-refractivity contribution in [2.24, 2.45) is 0 Å². The van der Waals surface area contributed by atoms with E-state index in [1.54, 1.807) is 0 Å². The molecule has 0 bridgehead atoms. The van der Waals surface area contributed by atoms with E-state index in [1.165, 1.54) is 38.9 Å². The summed E-state index contributed by atoms with van der Waals surface area (Å²) < 4.78 is 12.7. The molecule has 0 amide bonds. The van der Waals surface area contributed by atoms with Crippen molar-refractivity contribution in [1.29, 1.82) is 0 Å². The first-order chi connectivity index (χ1) is 32.2. The molecule has 0 aliphatic rings. The first kappa shape index (κ1) is 38.0. The van der Waals surface area contributed by atoms with Gasteiger partial charge < -0.3 is 13.7 Å². The maximum Gasteiger partial charge on any atom is 0.227 e. The van der Waals surface area contributed by atoms with Crippen molar-refractivity contribution in [3.8, 4) is 67.1 Å². The number of benzene rings is 10. The van der Waals surface area contributed by atoms with Gasteiger partial charge in [0, 0.05) is 39.5 Å². The molecule has 0 fully saturated rings. The minimum absolute atomic E-state index is 0.602. The second kappa shape index (κ2) is 16.2. The third-order valence-electron chi connectivity index (χ3n) is 12.3. The highest BCUT2D eigenvalue weighted by molar-refractivity contribution is 6.09. The van der Waals surface area contributed by atoms with Crippen LogP contribution in [-0.4, -0.2) is 4.98 Å². The third kappa shape index (κ3) is 7.33. The molecule has 2 heterocycles. The number of aromatic nitrogens is 1. The van der Waals surface area contributed by atoms with Crippen molar-refractivity contribution in [3.05, 3.63) is 243 Å². The second-order valence-corrected chi connectivity index (χ2v) is 16.4. The summed E-state index contributed by atoms with van der Waals surface area (Å²) in [7, 11) is 0. The first-order valence-electron chi connectivity index (χ1n) is 21.9. The van der Waals surface area contributed by atoms with E-state index in [0.29, 0.717) is 5.89 Å². The topological polar surface area (TPSA) is 42.4 Å². The first-order valence-corrected chi connectivity index (χ1v) is 21.9. The van der Waals surface area contributed by atoms with Crippen LogP contribution in [0, 0.1) is 0 Å². The molecule has 2 aromatic heterocycles. The number of hydrogen-bond acceptors (Lipinski definition) is 4. The number of rotatable bonds is 9. The van der Waals surface area contributed by atoms with Gasteiger partial charge >= 0.3 is 0 Å². The van der Waals surface area contributed by atoms with Crippen LogP contribution >= 0.6 is 0 Å². The molecule has 0 aliphatic heterocycles. The van der Waals surface area contributed by atoms with Crippen LogP contribution in [-0.2, 0) is 0 Å². The highest BCUT2D eigenvalue weighted by Crippen LogP contribution is 2.40. The summed E-state index contributed by atoms with van der Waals surface area (Å²) in [4.78, 5) is 7.10. The zero-order chi connectivity index (χ0) is 43.1. The summed E-state index contributed by atoms with van der Waals surface area (Å²) in [5, 5.41) is 2.04. The highest BCUT2D eigenvalue weighted by Gasteiger charge is 2.17. The van der Waals surface area contributed by atoms with Gasteiger partial charge in [0.15, 0.2) is 5.58 Å². The standard InChI is InChI=1S/C61H40N2O2/c1-4-11-41(12-5-1)43-19-21-45(22-20-43)46-27-32-52(33-28-46)63(54-18-10-17-50(37-54)47-25-23-44(24-26-47)42-13-6-2-7-14-42)53-34-29-48(30-35-53)51-31-36-55-56-39-60-57(40-59(56)64-58(55)38-51)62-61(65-60)49-15-8-3-9-16-49/h1-40H. The third-order valence-corrected chi connectivity index (χ3v) is 12.3. The van der Waals surface area contributed by atoms with Crippen molar-refractivity contribution < 1.29 is 8.83 Å². The SMILES string of the molecule is c1ccc(-c2ccc(-c3ccc(N(c4ccc(-c5ccc6c(c5)oc5cc7nc(-c8ccccc8)oc7cc56)cc4)c4cccc(-c5ccc(-c6ccccc6)cc5)c4)cc3)cc2)cc1.